The van der Waals surface area contributed by atoms with Gasteiger partial charge in [-0.15, -0.1) is 0 Å². The van der Waals surface area contributed by atoms with E-state index in [1.807, 2.05) is 30.3 Å². The largest absolute Gasteiger partial charge is 0.454 e. The molecular weight excluding hydrogens is 410 g/mol. The molecule has 0 bridgehead atoms. The van der Waals surface area contributed by atoms with Crippen LogP contribution in [0.2, 0.25) is 0 Å². The van der Waals surface area contributed by atoms with Gasteiger partial charge in [0.15, 0.2) is 17.5 Å². The summed E-state index contributed by atoms with van der Waals surface area (Å²) < 4.78 is 40.9. The molecule has 0 spiro atoms. The van der Waals surface area contributed by atoms with Crippen molar-refractivity contribution in [3.05, 3.63) is 53.6 Å². The molecule has 1 aliphatic heterocycles. The monoisotopic (exact) mass is 434 g/mol. The molecule has 166 valence electrons. The summed E-state index contributed by atoms with van der Waals surface area (Å²) in [5, 5.41) is 6.01. The zero-order chi connectivity index (χ0) is 22.2. The highest BCUT2D eigenvalue weighted by Gasteiger charge is 2.20. The van der Waals surface area contributed by atoms with Crippen LogP contribution < -0.4 is 24.8 Å². The zero-order valence-electron chi connectivity index (χ0n) is 17.2. The number of nitrogens with one attached hydrogen (secondary N) is 2. The second-order valence-corrected chi connectivity index (χ2v) is 6.84. The fourth-order valence-corrected chi connectivity index (χ4v) is 2.73. The summed E-state index contributed by atoms with van der Waals surface area (Å²) >= 11 is 0. The number of halogens is 2. The number of guanidine groups is 1. The third-order valence-corrected chi connectivity index (χ3v) is 4.39. The lowest BCUT2D eigenvalue weighted by atomic mass is 10.1. The molecule has 0 atom stereocenters. The molecule has 2 aromatic carbocycles. The highest BCUT2D eigenvalue weighted by atomic mass is 19.3. The molecule has 0 saturated heterocycles. The minimum absolute atomic E-state index is 0.0122. The van der Waals surface area contributed by atoms with E-state index in [-0.39, 0.29) is 31.5 Å². The smallest absolute Gasteiger partial charge is 0.387 e. The number of hydrogen-bond acceptors (Lipinski definition) is 5. The highest BCUT2D eigenvalue weighted by molar-refractivity contribution is 5.86. The predicted octanol–water partition coefficient (Wildman–Crippen LogP) is 2.34. The molecule has 0 unspecified atom stereocenters. The van der Waals surface area contributed by atoms with Crippen molar-refractivity contribution in [3.63, 3.8) is 0 Å². The second kappa shape index (κ2) is 10.5. The van der Waals surface area contributed by atoms with E-state index in [1.54, 1.807) is 20.2 Å². The van der Waals surface area contributed by atoms with Crippen LogP contribution in [-0.2, 0) is 17.9 Å². The van der Waals surface area contributed by atoms with E-state index in [1.165, 1.54) is 11.0 Å². The lowest BCUT2D eigenvalue weighted by Crippen LogP contribution is -2.42. The van der Waals surface area contributed by atoms with E-state index in [4.69, 9.17) is 9.47 Å². The van der Waals surface area contributed by atoms with Gasteiger partial charge in [0.2, 0.25) is 12.7 Å². The highest BCUT2D eigenvalue weighted by Crippen LogP contribution is 2.38. The zero-order valence-corrected chi connectivity index (χ0v) is 17.2. The number of amides is 1. The molecule has 8 nitrogen and oxygen atoms in total. The Balaban J connectivity index is 1.75. The quantitative estimate of drug-likeness (QED) is 0.490. The van der Waals surface area contributed by atoms with E-state index in [9.17, 15) is 13.6 Å². The van der Waals surface area contributed by atoms with Crippen molar-refractivity contribution >= 4 is 11.9 Å². The first-order valence-electron chi connectivity index (χ1n) is 9.56. The summed E-state index contributed by atoms with van der Waals surface area (Å²) in [5.74, 6) is 0.960. The summed E-state index contributed by atoms with van der Waals surface area (Å²) in [5.41, 5.74) is 1.41. The molecule has 0 fully saturated rings. The minimum atomic E-state index is -2.99. The SMILES string of the molecule is CN(C)C(=O)CNC(=NCc1ccccc1)NCc1cc2c(cc1OC(F)F)OCO2. The van der Waals surface area contributed by atoms with Gasteiger partial charge in [-0.3, -0.25) is 4.79 Å². The average molecular weight is 434 g/mol. The third kappa shape index (κ3) is 6.46. The Hall–Kier alpha value is -3.56. The number of likely N-dealkylation sites (N-methyl/N-ethyl adjacent to an activating group) is 1. The maximum absolute atomic E-state index is 12.9. The van der Waals surface area contributed by atoms with Crippen LogP contribution in [0.1, 0.15) is 11.1 Å². The third-order valence-electron chi connectivity index (χ3n) is 4.39. The van der Waals surface area contributed by atoms with Crippen molar-refractivity contribution in [1.82, 2.24) is 15.5 Å². The van der Waals surface area contributed by atoms with Crippen molar-refractivity contribution in [1.29, 1.82) is 0 Å². The first kappa shape index (κ1) is 22.1. The molecule has 2 N–H and O–H groups in total. The van der Waals surface area contributed by atoms with Gasteiger partial charge in [0.1, 0.15) is 5.75 Å². The summed E-state index contributed by atoms with van der Waals surface area (Å²) in [6.07, 6.45) is 0. The Morgan fingerprint density at radius 1 is 1.16 bits per heavy atom. The van der Waals surface area contributed by atoms with Crippen LogP contribution in [-0.4, -0.2) is 50.8 Å². The summed E-state index contributed by atoms with van der Waals surface area (Å²) in [4.78, 5) is 17.9. The Labute approximate surface area is 178 Å². The van der Waals surface area contributed by atoms with Gasteiger partial charge in [0, 0.05) is 32.3 Å². The van der Waals surface area contributed by atoms with Gasteiger partial charge >= 0.3 is 6.61 Å². The van der Waals surface area contributed by atoms with Gasteiger partial charge in [0.05, 0.1) is 13.1 Å². The fraction of sp³-hybridized carbons (Fsp3) is 0.333. The number of ether oxygens (including phenoxy) is 3. The summed E-state index contributed by atoms with van der Waals surface area (Å²) in [7, 11) is 3.30. The van der Waals surface area contributed by atoms with Crippen LogP contribution >= 0.6 is 0 Å². The minimum Gasteiger partial charge on any atom is -0.454 e. The number of rotatable bonds is 8. The molecular formula is C21H24F2N4O4. The number of benzene rings is 2. The van der Waals surface area contributed by atoms with Crippen LogP contribution in [0.5, 0.6) is 17.2 Å². The maximum atomic E-state index is 12.9. The summed E-state index contributed by atoms with van der Waals surface area (Å²) in [6, 6.07) is 12.5. The molecule has 1 heterocycles. The number of alkyl halides is 2. The predicted molar refractivity (Wildman–Crippen MR) is 110 cm³/mol. The molecule has 0 saturated carbocycles. The van der Waals surface area contributed by atoms with Gasteiger partial charge in [-0.25, -0.2) is 4.99 Å². The second-order valence-electron chi connectivity index (χ2n) is 6.84. The van der Waals surface area contributed by atoms with Gasteiger partial charge in [-0.05, 0) is 11.6 Å². The number of nitrogens with zero attached hydrogens (tertiary/aromatic N) is 2. The standard InChI is InChI=1S/C21H24F2N4O4/c1-27(2)19(28)12-26-21(24-10-14-6-4-3-5-7-14)25-11-15-8-17-18(30-13-29-17)9-16(15)31-20(22)23/h3-9,20H,10-13H2,1-2H3,(H2,24,25,26). The average Bonchev–Trinajstić information content (AvgIpc) is 3.20. The molecule has 0 aliphatic carbocycles. The van der Waals surface area contributed by atoms with E-state index in [0.29, 0.717) is 29.6 Å². The van der Waals surface area contributed by atoms with Gasteiger partial charge < -0.3 is 29.7 Å². The van der Waals surface area contributed by atoms with Crippen LogP contribution in [0.15, 0.2) is 47.5 Å². The fourth-order valence-electron chi connectivity index (χ4n) is 2.73. The summed E-state index contributed by atoms with van der Waals surface area (Å²) in [6.45, 7) is -2.47. The van der Waals surface area contributed by atoms with Crippen LogP contribution in [0.3, 0.4) is 0 Å². The lowest BCUT2D eigenvalue weighted by Gasteiger charge is -2.17. The molecule has 0 radical (unpaired) electrons. The van der Waals surface area contributed by atoms with Gasteiger partial charge in [-0.2, -0.15) is 8.78 Å². The number of carbonyl (C=O) groups is 1. The van der Waals surface area contributed by atoms with E-state index >= 15 is 0 Å². The van der Waals surface area contributed by atoms with Gasteiger partial charge in [0.25, 0.3) is 0 Å². The normalized spacial score (nSPS) is 12.6. The maximum Gasteiger partial charge on any atom is 0.387 e. The van der Waals surface area contributed by atoms with Crippen LogP contribution in [0.25, 0.3) is 0 Å². The van der Waals surface area contributed by atoms with Crippen molar-refractivity contribution in [2.75, 3.05) is 27.4 Å². The Morgan fingerprint density at radius 2 is 1.87 bits per heavy atom. The molecule has 0 aromatic heterocycles. The first-order valence-corrected chi connectivity index (χ1v) is 9.56. The molecule has 1 aliphatic rings. The molecule has 31 heavy (non-hydrogen) atoms. The van der Waals surface area contributed by atoms with Gasteiger partial charge in [-0.1, -0.05) is 30.3 Å². The Kier molecular flexibility index (Phi) is 7.47. The Morgan fingerprint density at radius 3 is 2.55 bits per heavy atom. The van der Waals surface area contributed by atoms with Crippen molar-refractivity contribution < 1.29 is 27.8 Å². The van der Waals surface area contributed by atoms with Crippen molar-refractivity contribution in [2.24, 2.45) is 4.99 Å². The number of carbonyl (C=O) groups excluding carboxylic acids is 1. The van der Waals surface area contributed by atoms with Crippen LogP contribution in [0, 0.1) is 0 Å². The van der Waals surface area contributed by atoms with E-state index < -0.39 is 6.61 Å². The molecule has 1 amide bonds. The first-order chi connectivity index (χ1) is 14.9. The number of hydrogen-bond donors (Lipinski definition) is 2. The van der Waals surface area contributed by atoms with E-state index in [0.717, 1.165) is 5.56 Å². The molecule has 2 aromatic rings. The molecule has 10 heteroatoms. The van der Waals surface area contributed by atoms with E-state index in [2.05, 4.69) is 20.4 Å². The topological polar surface area (TPSA) is 84.4 Å². The number of fused-ring (bicyclic) bond motifs is 1. The van der Waals surface area contributed by atoms with Crippen LogP contribution in [0.4, 0.5) is 8.78 Å². The van der Waals surface area contributed by atoms with Crippen molar-refractivity contribution in [3.8, 4) is 17.2 Å². The number of aliphatic imine (C=N–C) groups is 1. The molecule has 3 rings (SSSR count). The lowest BCUT2D eigenvalue weighted by molar-refractivity contribution is -0.127. The van der Waals surface area contributed by atoms with Crippen molar-refractivity contribution in [2.45, 2.75) is 19.7 Å². The Bertz CT molecular complexity index is 923.